The van der Waals surface area contributed by atoms with Crippen molar-refractivity contribution in [2.75, 3.05) is 32.5 Å². The van der Waals surface area contributed by atoms with Crippen LogP contribution >= 0.6 is 12.4 Å². The van der Waals surface area contributed by atoms with Crippen LogP contribution in [0.15, 0.2) is 41.4 Å². The van der Waals surface area contributed by atoms with Crippen molar-refractivity contribution in [3.63, 3.8) is 0 Å². The zero-order valence-corrected chi connectivity index (χ0v) is 29.8. The summed E-state index contributed by atoms with van der Waals surface area (Å²) in [6.07, 6.45) is 4.11. The van der Waals surface area contributed by atoms with E-state index in [0.717, 1.165) is 35.6 Å². The number of fused-ring (bicyclic) bond motifs is 1. The van der Waals surface area contributed by atoms with E-state index in [0.29, 0.717) is 41.3 Å². The first-order valence-corrected chi connectivity index (χ1v) is 17.4. The Morgan fingerprint density at radius 1 is 1.02 bits per heavy atom. The van der Waals surface area contributed by atoms with Gasteiger partial charge in [0.05, 0.1) is 18.6 Å². The predicted molar refractivity (Wildman–Crippen MR) is 187 cm³/mol. The normalized spacial score (nSPS) is 14.5. The van der Waals surface area contributed by atoms with E-state index >= 15 is 0 Å². The van der Waals surface area contributed by atoms with Crippen molar-refractivity contribution in [2.24, 2.45) is 0 Å². The zero-order chi connectivity index (χ0) is 34.3. The number of nitrogens with zero attached hydrogens (tertiary/aromatic N) is 2. The molecule has 0 bridgehead atoms. The molecule has 4 N–H and O–H groups in total. The molecule has 4 rings (SSSR count). The molecule has 1 saturated heterocycles. The van der Waals surface area contributed by atoms with E-state index in [1.807, 2.05) is 24.3 Å². The number of esters is 1. The van der Waals surface area contributed by atoms with Crippen molar-refractivity contribution < 1.29 is 32.3 Å². The predicted octanol–water partition coefficient (Wildman–Crippen LogP) is 3.90. The van der Waals surface area contributed by atoms with E-state index in [9.17, 15) is 22.8 Å². The van der Waals surface area contributed by atoms with Crippen LogP contribution in [-0.2, 0) is 35.6 Å². The van der Waals surface area contributed by atoms with E-state index in [1.54, 1.807) is 44.9 Å². The number of carbonyl (C=O) groups excluding carboxylic acids is 3. The molecule has 1 aliphatic heterocycles. The topological polar surface area (TPSA) is 170 Å². The maximum Gasteiger partial charge on any atom is 0.305 e. The zero-order valence-electron chi connectivity index (χ0n) is 28.1. The van der Waals surface area contributed by atoms with Gasteiger partial charge >= 0.3 is 5.97 Å². The fraction of sp³-hybridized carbons (Fsp3) is 0.471. The summed E-state index contributed by atoms with van der Waals surface area (Å²) < 4.78 is 40.8. The first-order chi connectivity index (χ1) is 22.4. The van der Waals surface area contributed by atoms with Gasteiger partial charge in [0.25, 0.3) is 0 Å². The van der Waals surface area contributed by atoms with Crippen molar-refractivity contribution in [1.29, 1.82) is 0 Å². The number of benzene rings is 2. The Morgan fingerprint density at radius 2 is 1.73 bits per heavy atom. The molecule has 2 atom stereocenters. The fourth-order valence-electron chi connectivity index (χ4n) is 6.05. The largest absolute Gasteiger partial charge is 0.496 e. The Labute approximate surface area is 288 Å². The van der Waals surface area contributed by atoms with E-state index in [1.165, 1.54) is 7.11 Å². The number of hydrogen-bond donors (Lipinski definition) is 3. The third-order valence-corrected chi connectivity index (χ3v) is 10.4. The third kappa shape index (κ3) is 9.14. The number of hydrogen-bond acceptors (Lipinski definition) is 9. The average Bonchev–Trinajstić information content (AvgIpc) is 3.04. The summed E-state index contributed by atoms with van der Waals surface area (Å²) in [6.45, 7) is 8.03. The summed E-state index contributed by atoms with van der Waals surface area (Å²) in [5, 5.41) is 4.45. The number of aromatic nitrogens is 1. The van der Waals surface area contributed by atoms with Crippen LogP contribution < -0.4 is 20.5 Å². The summed E-state index contributed by atoms with van der Waals surface area (Å²) >= 11 is 0. The number of halogens is 1. The first-order valence-electron chi connectivity index (χ1n) is 15.9. The standard InChI is InChI=1S/C34H45N5O7S.ClH/c1-6-46-30(40)13-12-27(38-47(43,44)31-21(2)18-29(45-5)22(3)23(31)4)33(41)37-28(34(42)39-16-8-7-9-17-39)20-24-10-11-26-25(19-24)14-15-36-32(26)35;/h10-11,14-15,18-19,27-28,38H,6-9,12-13,16-17,20H2,1-5H3,(H2,35,36)(H,37,41);1H/t27-,28?;/m0./s1. The molecule has 2 amide bonds. The van der Waals surface area contributed by atoms with Crippen LogP contribution in [-0.4, -0.2) is 75.0 Å². The highest BCUT2D eigenvalue weighted by Gasteiger charge is 2.33. The highest BCUT2D eigenvalue weighted by Crippen LogP contribution is 2.31. The van der Waals surface area contributed by atoms with Crippen LogP contribution in [0, 0.1) is 20.8 Å². The minimum Gasteiger partial charge on any atom is -0.496 e. The molecule has 0 radical (unpaired) electrons. The Kier molecular flexibility index (Phi) is 13.6. The molecule has 2 aromatic carbocycles. The van der Waals surface area contributed by atoms with Crippen molar-refractivity contribution in [3.05, 3.63) is 58.8 Å². The number of likely N-dealkylation sites (tertiary alicyclic amines) is 1. The van der Waals surface area contributed by atoms with E-state index in [4.69, 9.17) is 15.2 Å². The number of nitrogens with two attached hydrogens (primary N) is 1. The number of methoxy groups -OCH3 is 1. The molecule has 2 heterocycles. The molecule has 0 spiro atoms. The molecular weight excluding hydrogens is 658 g/mol. The SMILES string of the molecule is CCOC(=O)CC[C@H](NS(=O)(=O)c1c(C)cc(OC)c(C)c1C)C(=O)NC(Cc1ccc2c(N)nccc2c1)C(=O)N1CCCCC1.Cl. The Morgan fingerprint density at radius 3 is 2.40 bits per heavy atom. The second-order valence-corrected chi connectivity index (χ2v) is 13.5. The number of anilines is 1. The van der Waals surface area contributed by atoms with Crippen LogP contribution in [0.5, 0.6) is 5.75 Å². The van der Waals surface area contributed by atoms with Gasteiger partial charge in [0.15, 0.2) is 0 Å². The highest BCUT2D eigenvalue weighted by molar-refractivity contribution is 7.89. The first kappa shape index (κ1) is 38.5. The second-order valence-electron chi connectivity index (χ2n) is 11.9. The number of aryl methyl sites for hydroxylation is 1. The van der Waals surface area contributed by atoms with Gasteiger partial charge in [-0.1, -0.05) is 18.2 Å². The molecule has 0 aliphatic carbocycles. The lowest BCUT2D eigenvalue weighted by Crippen LogP contribution is -2.55. The van der Waals surface area contributed by atoms with E-state index < -0.39 is 34.0 Å². The van der Waals surface area contributed by atoms with E-state index in [2.05, 4.69) is 15.0 Å². The lowest BCUT2D eigenvalue weighted by molar-refractivity contribution is -0.143. The van der Waals surface area contributed by atoms with Crippen molar-refractivity contribution >= 4 is 56.8 Å². The number of rotatable bonds is 13. The summed E-state index contributed by atoms with van der Waals surface area (Å²) in [6, 6.07) is 6.65. The summed E-state index contributed by atoms with van der Waals surface area (Å²) in [5.41, 5.74) is 8.37. The Balaban J connectivity index is 0.00000625. The molecule has 3 aromatic rings. The van der Waals surface area contributed by atoms with Gasteiger partial charge in [0.2, 0.25) is 21.8 Å². The highest BCUT2D eigenvalue weighted by atomic mass is 35.5. The number of nitrogens with one attached hydrogen (secondary N) is 2. The number of carbonyl (C=O) groups is 3. The van der Waals surface area contributed by atoms with Gasteiger partial charge in [0.1, 0.15) is 23.7 Å². The molecule has 1 aromatic heterocycles. The maximum atomic E-state index is 14.0. The molecule has 1 unspecified atom stereocenters. The van der Waals surface area contributed by atoms with Crippen LogP contribution in [0.2, 0.25) is 0 Å². The number of nitrogen functional groups attached to an aromatic ring is 1. The minimum atomic E-state index is -4.27. The summed E-state index contributed by atoms with van der Waals surface area (Å²) in [4.78, 5) is 46.1. The average molecular weight is 704 g/mol. The van der Waals surface area contributed by atoms with Crippen LogP contribution in [0.4, 0.5) is 5.82 Å². The van der Waals surface area contributed by atoms with Crippen molar-refractivity contribution in [1.82, 2.24) is 19.9 Å². The molecule has 48 heavy (non-hydrogen) atoms. The fourth-order valence-corrected chi connectivity index (χ4v) is 7.81. The lowest BCUT2D eigenvalue weighted by Gasteiger charge is -2.31. The molecule has 1 fully saturated rings. The van der Waals surface area contributed by atoms with Crippen LogP contribution in [0.1, 0.15) is 61.3 Å². The number of sulfonamides is 1. The maximum absolute atomic E-state index is 14.0. The van der Waals surface area contributed by atoms with E-state index in [-0.39, 0.29) is 49.1 Å². The van der Waals surface area contributed by atoms with Gasteiger partial charge in [0, 0.05) is 37.5 Å². The molecule has 14 heteroatoms. The molecular formula is C34H46ClN5O7S. The smallest absolute Gasteiger partial charge is 0.305 e. The minimum absolute atomic E-state index is 0. The number of amides is 2. The van der Waals surface area contributed by atoms with Crippen molar-refractivity contribution in [3.8, 4) is 5.75 Å². The number of ether oxygens (including phenoxy) is 2. The number of pyridine rings is 1. The second kappa shape index (κ2) is 16.9. The van der Waals surface area contributed by atoms with Gasteiger partial charge in [-0.05, 0) is 93.2 Å². The summed E-state index contributed by atoms with van der Waals surface area (Å²) in [5.74, 6) is -0.609. The molecule has 0 saturated carbocycles. The molecule has 1 aliphatic rings. The van der Waals surface area contributed by atoms with Gasteiger partial charge in [-0.2, -0.15) is 4.72 Å². The Hall–Kier alpha value is -3.94. The van der Waals surface area contributed by atoms with Gasteiger partial charge < -0.3 is 25.4 Å². The van der Waals surface area contributed by atoms with Crippen LogP contribution in [0.3, 0.4) is 0 Å². The lowest BCUT2D eigenvalue weighted by atomic mass is 10.00. The summed E-state index contributed by atoms with van der Waals surface area (Å²) in [7, 11) is -2.76. The molecule has 12 nitrogen and oxygen atoms in total. The van der Waals surface area contributed by atoms with Crippen molar-refractivity contribution in [2.45, 2.75) is 83.2 Å². The van der Waals surface area contributed by atoms with Gasteiger partial charge in [-0.25, -0.2) is 13.4 Å². The monoisotopic (exact) mass is 703 g/mol. The quantitative estimate of drug-likeness (QED) is 0.224. The van der Waals surface area contributed by atoms with Gasteiger partial charge in [-0.15, -0.1) is 12.4 Å². The Bertz CT molecular complexity index is 1750. The number of piperidine rings is 1. The molecule has 262 valence electrons. The van der Waals surface area contributed by atoms with Crippen LogP contribution in [0.25, 0.3) is 10.8 Å². The van der Waals surface area contributed by atoms with Gasteiger partial charge in [-0.3, -0.25) is 14.4 Å². The third-order valence-electron chi connectivity index (χ3n) is 8.61.